The highest BCUT2D eigenvalue weighted by Crippen LogP contribution is 2.44. The van der Waals surface area contributed by atoms with Gasteiger partial charge in [-0.05, 0) is 43.9 Å². The number of fused-ring (bicyclic) bond motifs is 2. The summed E-state index contributed by atoms with van der Waals surface area (Å²) in [4.78, 5) is 12.0. The zero-order valence-corrected chi connectivity index (χ0v) is 9.37. The predicted molar refractivity (Wildman–Crippen MR) is 59.3 cm³/mol. The van der Waals surface area contributed by atoms with Crippen LogP contribution in [-0.2, 0) is 4.79 Å². The smallest absolute Gasteiger partial charge is 0.223 e. The van der Waals surface area contributed by atoms with Crippen LogP contribution >= 0.6 is 0 Å². The van der Waals surface area contributed by atoms with Crippen LogP contribution in [0.3, 0.4) is 0 Å². The Morgan fingerprint density at radius 3 is 2.40 bits per heavy atom. The second kappa shape index (κ2) is 3.80. The molecule has 0 saturated heterocycles. The Morgan fingerprint density at radius 2 is 1.80 bits per heavy atom. The molecule has 3 saturated carbocycles. The minimum atomic E-state index is 0.351. The van der Waals surface area contributed by atoms with E-state index in [0.717, 1.165) is 24.7 Å². The number of carbonyl (C=O) groups excluding carboxylic acids is 1. The van der Waals surface area contributed by atoms with Crippen molar-refractivity contribution >= 4 is 5.91 Å². The molecule has 15 heavy (non-hydrogen) atoms. The third kappa shape index (κ3) is 1.79. The van der Waals surface area contributed by atoms with Crippen molar-refractivity contribution in [2.45, 2.75) is 57.4 Å². The maximum atomic E-state index is 12.0. The van der Waals surface area contributed by atoms with Gasteiger partial charge in [0.1, 0.15) is 0 Å². The highest BCUT2D eigenvalue weighted by molar-refractivity contribution is 5.79. The fourth-order valence-corrected chi connectivity index (χ4v) is 3.91. The van der Waals surface area contributed by atoms with Gasteiger partial charge in [-0.25, -0.2) is 0 Å². The maximum Gasteiger partial charge on any atom is 0.223 e. The van der Waals surface area contributed by atoms with E-state index < -0.39 is 0 Å². The van der Waals surface area contributed by atoms with Gasteiger partial charge in [0.2, 0.25) is 5.91 Å². The fourth-order valence-electron chi connectivity index (χ4n) is 3.91. The summed E-state index contributed by atoms with van der Waals surface area (Å²) in [5, 5.41) is 3.31. The molecule has 0 aromatic carbocycles. The molecule has 0 aliphatic heterocycles. The summed E-state index contributed by atoms with van der Waals surface area (Å²) < 4.78 is 0. The van der Waals surface area contributed by atoms with Gasteiger partial charge in [0.25, 0.3) is 0 Å². The molecule has 1 N–H and O–H groups in total. The Bertz CT molecular complexity index is 257. The number of carbonyl (C=O) groups is 1. The average Bonchev–Trinajstić information content (AvgIpc) is 2.95. The van der Waals surface area contributed by atoms with Crippen molar-refractivity contribution in [3.05, 3.63) is 0 Å². The molecule has 2 bridgehead atoms. The van der Waals surface area contributed by atoms with Crippen molar-refractivity contribution < 1.29 is 4.79 Å². The van der Waals surface area contributed by atoms with Gasteiger partial charge in [-0.15, -0.1) is 0 Å². The monoisotopic (exact) mass is 207 g/mol. The summed E-state index contributed by atoms with van der Waals surface area (Å²) in [5.41, 5.74) is 0. The Morgan fingerprint density at radius 1 is 1.00 bits per heavy atom. The Kier molecular flexibility index (Phi) is 2.45. The van der Waals surface area contributed by atoms with E-state index in [1.54, 1.807) is 0 Å². The Hall–Kier alpha value is -0.530. The van der Waals surface area contributed by atoms with E-state index >= 15 is 0 Å². The highest BCUT2D eigenvalue weighted by Gasteiger charge is 2.40. The molecule has 0 aromatic heterocycles. The van der Waals surface area contributed by atoms with Crippen molar-refractivity contribution in [3.8, 4) is 0 Å². The van der Waals surface area contributed by atoms with Crippen LogP contribution in [0.25, 0.3) is 0 Å². The van der Waals surface area contributed by atoms with E-state index in [4.69, 9.17) is 0 Å². The van der Waals surface area contributed by atoms with Crippen molar-refractivity contribution in [3.63, 3.8) is 0 Å². The Labute approximate surface area is 91.8 Å². The fraction of sp³-hybridized carbons (Fsp3) is 0.923. The molecular formula is C13H21NO. The van der Waals surface area contributed by atoms with Gasteiger partial charge in [0, 0.05) is 12.0 Å². The van der Waals surface area contributed by atoms with E-state index in [-0.39, 0.29) is 0 Å². The molecule has 2 heteroatoms. The number of hydrogen-bond acceptors (Lipinski definition) is 1. The normalized spacial score (nSPS) is 39.9. The predicted octanol–water partition coefficient (Wildman–Crippen LogP) is 2.48. The van der Waals surface area contributed by atoms with E-state index in [2.05, 4.69) is 5.32 Å². The lowest BCUT2D eigenvalue weighted by Crippen LogP contribution is -2.41. The zero-order valence-electron chi connectivity index (χ0n) is 9.37. The largest absolute Gasteiger partial charge is 0.353 e. The first-order chi connectivity index (χ1) is 7.33. The van der Waals surface area contributed by atoms with Crippen LogP contribution in [-0.4, -0.2) is 11.9 Å². The molecule has 0 radical (unpaired) electrons. The molecule has 0 unspecified atom stereocenters. The number of nitrogens with one attached hydrogen (secondary N) is 1. The molecule has 3 aliphatic rings. The molecule has 0 aromatic rings. The van der Waals surface area contributed by atoms with Gasteiger partial charge in [0.05, 0.1) is 0 Å². The first-order valence-electron chi connectivity index (χ1n) is 6.63. The first-order valence-corrected chi connectivity index (χ1v) is 6.63. The number of rotatable bonds is 2. The molecule has 84 valence electrons. The second-order valence-corrected chi connectivity index (χ2v) is 5.77. The van der Waals surface area contributed by atoms with Gasteiger partial charge < -0.3 is 5.32 Å². The molecule has 3 fully saturated rings. The van der Waals surface area contributed by atoms with Crippen LogP contribution in [0.1, 0.15) is 51.4 Å². The maximum absolute atomic E-state index is 12.0. The van der Waals surface area contributed by atoms with Crippen molar-refractivity contribution in [2.24, 2.45) is 17.8 Å². The summed E-state index contributed by atoms with van der Waals surface area (Å²) in [5.74, 6) is 2.47. The lowest BCUT2D eigenvalue weighted by Gasteiger charge is -2.24. The van der Waals surface area contributed by atoms with E-state index in [1.807, 2.05) is 0 Å². The summed E-state index contributed by atoms with van der Waals surface area (Å²) >= 11 is 0. The summed E-state index contributed by atoms with van der Waals surface area (Å²) in [6.07, 6.45) is 10.2. The van der Waals surface area contributed by atoms with E-state index in [1.165, 1.54) is 38.5 Å². The lowest BCUT2D eigenvalue weighted by atomic mass is 9.94. The van der Waals surface area contributed by atoms with Gasteiger partial charge in [-0.3, -0.25) is 4.79 Å². The molecule has 0 spiro atoms. The topological polar surface area (TPSA) is 29.1 Å². The van der Waals surface area contributed by atoms with Crippen LogP contribution in [0, 0.1) is 17.8 Å². The van der Waals surface area contributed by atoms with Gasteiger partial charge >= 0.3 is 0 Å². The molecule has 3 atom stereocenters. The summed E-state index contributed by atoms with van der Waals surface area (Å²) in [6.45, 7) is 0. The molecule has 1 amide bonds. The third-order valence-corrected chi connectivity index (χ3v) is 4.79. The summed E-state index contributed by atoms with van der Waals surface area (Å²) in [6, 6.07) is 0.539. The quantitative estimate of drug-likeness (QED) is 0.740. The number of hydrogen-bond donors (Lipinski definition) is 1. The van der Waals surface area contributed by atoms with Gasteiger partial charge in [0.15, 0.2) is 0 Å². The van der Waals surface area contributed by atoms with Crippen molar-refractivity contribution in [1.82, 2.24) is 5.32 Å². The van der Waals surface area contributed by atoms with Crippen molar-refractivity contribution in [2.75, 3.05) is 0 Å². The van der Waals surface area contributed by atoms with Crippen LogP contribution in [0.2, 0.25) is 0 Å². The molecular weight excluding hydrogens is 186 g/mol. The minimum Gasteiger partial charge on any atom is -0.353 e. The standard InChI is InChI=1S/C13H21NO/c15-13(10-3-1-2-4-10)14-12-8-9-5-6-11(12)7-9/h9-12H,1-8H2,(H,14,15)/t9-,11-,12-/m1/s1. The average molecular weight is 207 g/mol. The molecule has 2 nitrogen and oxygen atoms in total. The van der Waals surface area contributed by atoms with Crippen molar-refractivity contribution in [1.29, 1.82) is 0 Å². The highest BCUT2D eigenvalue weighted by atomic mass is 16.1. The van der Waals surface area contributed by atoms with Gasteiger partial charge in [-0.2, -0.15) is 0 Å². The number of amides is 1. The van der Waals surface area contributed by atoms with Crippen LogP contribution in [0.15, 0.2) is 0 Å². The second-order valence-electron chi connectivity index (χ2n) is 5.77. The SMILES string of the molecule is O=C(N[C@@H]1C[C@@H]2CC[C@@H]1C2)C1CCCC1. The Balaban J connectivity index is 1.54. The lowest BCUT2D eigenvalue weighted by molar-refractivity contribution is -0.125. The molecule has 3 rings (SSSR count). The van der Waals surface area contributed by atoms with Gasteiger partial charge in [-0.1, -0.05) is 19.3 Å². The molecule has 0 heterocycles. The first kappa shape index (κ1) is 9.68. The van der Waals surface area contributed by atoms with E-state index in [0.29, 0.717) is 17.9 Å². The van der Waals surface area contributed by atoms with E-state index in [9.17, 15) is 4.79 Å². The zero-order chi connectivity index (χ0) is 10.3. The third-order valence-electron chi connectivity index (χ3n) is 4.79. The molecule has 3 aliphatic carbocycles. The minimum absolute atomic E-state index is 0.351. The van der Waals surface area contributed by atoms with Crippen LogP contribution in [0.4, 0.5) is 0 Å². The summed E-state index contributed by atoms with van der Waals surface area (Å²) in [7, 11) is 0. The van der Waals surface area contributed by atoms with Crippen LogP contribution in [0.5, 0.6) is 0 Å². The van der Waals surface area contributed by atoms with Crippen LogP contribution < -0.4 is 5.32 Å².